The molecule has 2 rings (SSSR count). The van der Waals surface area contributed by atoms with Gasteiger partial charge < -0.3 is 36.6 Å². The third-order valence-corrected chi connectivity index (χ3v) is 4.23. The Morgan fingerprint density at radius 3 is 2.35 bits per heavy atom. The number of nitrogens with one attached hydrogen (secondary N) is 5. The van der Waals surface area contributed by atoms with Gasteiger partial charge >= 0.3 is 12.0 Å². The number of aliphatic carboxylic acids is 1. The lowest BCUT2D eigenvalue weighted by Crippen LogP contribution is -2.52. The van der Waals surface area contributed by atoms with E-state index in [-0.39, 0.29) is 36.0 Å². The van der Waals surface area contributed by atoms with Crippen LogP contribution >= 0.6 is 0 Å². The van der Waals surface area contributed by atoms with Crippen LogP contribution in [-0.2, 0) is 4.79 Å². The van der Waals surface area contributed by atoms with E-state index in [1.54, 1.807) is 18.2 Å². The predicted octanol–water partition coefficient (Wildman–Crippen LogP) is -0.423. The molecule has 0 heterocycles. The lowest BCUT2D eigenvalue weighted by Gasteiger charge is -2.16. The van der Waals surface area contributed by atoms with E-state index in [1.807, 2.05) is 5.32 Å². The molecule has 0 unspecified atom stereocenters. The molecule has 0 aliphatic rings. The number of carbonyl (C=O) groups is 4. The zero-order valence-electron chi connectivity index (χ0n) is 17.8. The van der Waals surface area contributed by atoms with Gasteiger partial charge in [0.15, 0.2) is 5.96 Å². The van der Waals surface area contributed by atoms with Crippen molar-refractivity contribution in [2.45, 2.75) is 6.04 Å². The molecule has 0 aliphatic carbocycles. The number of carbonyl (C=O) groups excluding carboxylic acids is 3. The number of guanidine groups is 1. The summed E-state index contributed by atoms with van der Waals surface area (Å²) in [5, 5.41) is 35.4. The highest BCUT2D eigenvalue weighted by atomic mass is 16.5. The molecule has 13 heteroatoms. The van der Waals surface area contributed by atoms with Gasteiger partial charge in [-0.25, -0.2) is 9.59 Å². The standard InChI is InChI=1S/C21H24N6O7/c22-20(23)24-8-9-34-13-6-7-14(16(28)10-13)18(30)25-11-15(19(31)32)26-21(33)27-17(29)12-4-2-1-3-5-12/h1-7,10,15,28H,8-9,11H2,(H,25,30)(H,31,32)(H4,22,23,24)(H2,26,27,29,33)/t15-/m0/s1. The van der Waals surface area contributed by atoms with Crippen molar-refractivity contribution in [1.82, 2.24) is 21.3 Å². The number of hydrogen-bond donors (Lipinski definition) is 8. The minimum Gasteiger partial charge on any atom is -0.507 e. The van der Waals surface area contributed by atoms with E-state index in [2.05, 4.69) is 16.0 Å². The summed E-state index contributed by atoms with van der Waals surface area (Å²) in [5.41, 5.74) is 5.20. The van der Waals surface area contributed by atoms with Crippen LogP contribution in [0.1, 0.15) is 20.7 Å². The first-order chi connectivity index (χ1) is 16.2. The molecule has 2 aromatic carbocycles. The Hall–Kier alpha value is -4.81. The number of ether oxygens (including phenoxy) is 1. The Balaban J connectivity index is 1.89. The van der Waals surface area contributed by atoms with Gasteiger partial charge in [0.1, 0.15) is 24.1 Å². The van der Waals surface area contributed by atoms with Crippen LogP contribution in [-0.4, -0.2) is 65.7 Å². The maximum Gasteiger partial charge on any atom is 0.328 e. The second kappa shape index (κ2) is 12.3. The van der Waals surface area contributed by atoms with Crippen LogP contribution < -0.4 is 31.7 Å². The zero-order chi connectivity index (χ0) is 25.1. The average molecular weight is 472 g/mol. The molecule has 0 saturated heterocycles. The minimum atomic E-state index is -1.55. The van der Waals surface area contributed by atoms with Gasteiger partial charge in [-0.3, -0.25) is 20.3 Å². The molecule has 9 N–H and O–H groups in total. The van der Waals surface area contributed by atoms with E-state index in [0.29, 0.717) is 0 Å². The van der Waals surface area contributed by atoms with E-state index >= 15 is 0 Å². The van der Waals surface area contributed by atoms with Crippen molar-refractivity contribution in [3.63, 3.8) is 0 Å². The average Bonchev–Trinajstić information content (AvgIpc) is 2.79. The number of phenolic OH excluding ortho intramolecular Hbond substituents is 1. The van der Waals surface area contributed by atoms with Crippen molar-refractivity contribution in [1.29, 1.82) is 5.41 Å². The zero-order valence-corrected chi connectivity index (χ0v) is 17.8. The van der Waals surface area contributed by atoms with E-state index in [1.165, 1.54) is 30.3 Å². The molecule has 0 aromatic heterocycles. The van der Waals surface area contributed by atoms with Gasteiger partial charge in [-0.05, 0) is 24.3 Å². The molecule has 34 heavy (non-hydrogen) atoms. The Kier molecular flexibility index (Phi) is 9.19. The Labute approximate surface area is 193 Å². The van der Waals surface area contributed by atoms with Crippen molar-refractivity contribution in [3.8, 4) is 11.5 Å². The fourth-order valence-corrected chi connectivity index (χ4v) is 2.60. The summed E-state index contributed by atoms with van der Waals surface area (Å²) in [5.74, 6) is -3.35. The number of carboxylic acids is 1. The number of phenols is 1. The Bertz CT molecular complexity index is 1060. The molecule has 0 bridgehead atoms. The Morgan fingerprint density at radius 1 is 1.03 bits per heavy atom. The number of rotatable bonds is 10. The molecule has 1 atom stereocenters. The van der Waals surface area contributed by atoms with Crippen molar-refractivity contribution in [2.75, 3.05) is 19.7 Å². The summed E-state index contributed by atoms with van der Waals surface area (Å²) in [6.07, 6.45) is 0. The van der Waals surface area contributed by atoms with Gasteiger partial charge in [-0.2, -0.15) is 0 Å². The van der Waals surface area contributed by atoms with Gasteiger partial charge in [0, 0.05) is 18.2 Å². The fraction of sp³-hybridized carbons (Fsp3) is 0.190. The van der Waals surface area contributed by atoms with E-state index in [9.17, 15) is 29.4 Å². The molecule has 180 valence electrons. The highest BCUT2D eigenvalue weighted by Gasteiger charge is 2.23. The predicted molar refractivity (Wildman–Crippen MR) is 120 cm³/mol. The van der Waals surface area contributed by atoms with Crippen LogP contribution in [0, 0.1) is 5.41 Å². The number of benzene rings is 2. The maximum absolute atomic E-state index is 12.4. The number of nitrogens with two attached hydrogens (primary N) is 1. The molecule has 0 saturated carbocycles. The molecule has 0 spiro atoms. The molecule has 13 nitrogen and oxygen atoms in total. The third kappa shape index (κ3) is 8.03. The summed E-state index contributed by atoms with van der Waals surface area (Å²) in [7, 11) is 0. The van der Waals surface area contributed by atoms with Crippen molar-refractivity contribution >= 4 is 29.8 Å². The quantitative estimate of drug-likeness (QED) is 0.128. The van der Waals surface area contributed by atoms with Gasteiger partial charge in [-0.1, -0.05) is 18.2 Å². The third-order valence-electron chi connectivity index (χ3n) is 4.23. The summed E-state index contributed by atoms with van der Waals surface area (Å²) in [6, 6.07) is 9.11. The normalized spacial score (nSPS) is 10.9. The van der Waals surface area contributed by atoms with Gasteiger partial charge in [-0.15, -0.1) is 0 Å². The number of carboxylic acid groups (broad SMARTS) is 1. The topological polar surface area (TPSA) is 216 Å². The highest BCUT2D eigenvalue weighted by molar-refractivity contribution is 6.04. The van der Waals surface area contributed by atoms with E-state index in [0.717, 1.165) is 0 Å². The SMILES string of the molecule is N=C(N)NCCOc1ccc(C(=O)NC[C@H](NC(=O)NC(=O)c2ccccc2)C(=O)O)c(O)c1. The van der Waals surface area contributed by atoms with Crippen LogP contribution in [0.5, 0.6) is 11.5 Å². The van der Waals surface area contributed by atoms with Crippen molar-refractivity contribution in [3.05, 3.63) is 59.7 Å². The Morgan fingerprint density at radius 2 is 1.74 bits per heavy atom. The first kappa shape index (κ1) is 25.5. The van der Waals surface area contributed by atoms with Gasteiger partial charge in [0.2, 0.25) is 0 Å². The minimum absolute atomic E-state index is 0.144. The molecular weight excluding hydrogens is 448 g/mol. The van der Waals surface area contributed by atoms with E-state index in [4.69, 9.17) is 15.9 Å². The molecule has 2 aromatic rings. The van der Waals surface area contributed by atoms with Crippen molar-refractivity contribution < 1.29 is 34.1 Å². The van der Waals surface area contributed by atoms with E-state index < -0.39 is 42.2 Å². The second-order valence-electron chi connectivity index (χ2n) is 6.76. The smallest absolute Gasteiger partial charge is 0.328 e. The van der Waals surface area contributed by atoms with Crippen molar-refractivity contribution in [2.24, 2.45) is 5.73 Å². The summed E-state index contributed by atoms with van der Waals surface area (Å²) in [4.78, 5) is 47.8. The lowest BCUT2D eigenvalue weighted by atomic mass is 10.1. The number of urea groups is 1. The molecule has 0 aliphatic heterocycles. The molecule has 0 fully saturated rings. The van der Waals surface area contributed by atoms with Gasteiger partial charge in [0.25, 0.3) is 11.8 Å². The number of aromatic hydroxyl groups is 1. The summed E-state index contributed by atoms with van der Waals surface area (Å²) < 4.78 is 5.34. The van der Waals surface area contributed by atoms with Crippen LogP contribution in [0.4, 0.5) is 4.79 Å². The van der Waals surface area contributed by atoms with Crippen LogP contribution in [0.15, 0.2) is 48.5 Å². The largest absolute Gasteiger partial charge is 0.507 e. The first-order valence-electron chi connectivity index (χ1n) is 9.89. The molecular formula is C21H24N6O7. The lowest BCUT2D eigenvalue weighted by molar-refractivity contribution is -0.139. The van der Waals surface area contributed by atoms with Crippen LogP contribution in [0.2, 0.25) is 0 Å². The highest BCUT2D eigenvalue weighted by Crippen LogP contribution is 2.23. The molecule has 0 radical (unpaired) electrons. The van der Waals surface area contributed by atoms with Gasteiger partial charge in [0.05, 0.1) is 12.1 Å². The summed E-state index contributed by atoms with van der Waals surface area (Å²) >= 11 is 0. The monoisotopic (exact) mass is 472 g/mol. The summed E-state index contributed by atoms with van der Waals surface area (Å²) in [6.45, 7) is -0.118. The fourth-order valence-electron chi connectivity index (χ4n) is 2.60. The van der Waals surface area contributed by atoms with Crippen LogP contribution in [0.3, 0.4) is 0 Å². The maximum atomic E-state index is 12.4. The first-order valence-corrected chi connectivity index (χ1v) is 9.89. The number of hydrogen-bond acceptors (Lipinski definition) is 7. The molecule has 4 amide bonds. The second-order valence-corrected chi connectivity index (χ2v) is 6.76. The number of imide groups is 1. The van der Waals surface area contributed by atoms with Crippen LogP contribution in [0.25, 0.3) is 0 Å². The number of amides is 4.